The summed E-state index contributed by atoms with van der Waals surface area (Å²) in [5, 5.41) is 1.04. The topological polar surface area (TPSA) is 31.6 Å². The molecule has 0 N–H and O–H groups in total. The Labute approximate surface area is 114 Å². The van der Waals surface area contributed by atoms with Gasteiger partial charge >= 0.3 is 0 Å². The highest BCUT2D eigenvalue weighted by atomic mass is 16.7. The van der Waals surface area contributed by atoms with Gasteiger partial charge in [0.2, 0.25) is 6.29 Å². The highest BCUT2D eigenvalue weighted by Gasteiger charge is 2.27. The molecule has 0 fully saturated rings. The fourth-order valence-corrected chi connectivity index (χ4v) is 1.70. The monoisotopic (exact) mass is 262 g/mol. The van der Waals surface area contributed by atoms with Crippen LogP contribution in [0.1, 0.15) is 34.6 Å². The van der Waals surface area contributed by atoms with E-state index in [1.54, 1.807) is 6.26 Å². The minimum atomic E-state index is -0.175. The van der Waals surface area contributed by atoms with Gasteiger partial charge in [0.25, 0.3) is 0 Å². The zero-order valence-electron chi connectivity index (χ0n) is 12.3. The molecule has 1 atom stereocenters. The van der Waals surface area contributed by atoms with Crippen LogP contribution >= 0.6 is 0 Å². The summed E-state index contributed by atoms with van der Waals surface area (Å²) < 4.78 is 16.6. The Morgan fingerprint density at radius 3 is 2.11 bits per heavy atom. The Morgan fingerprint density at radius 2 is 1.53 bits per heavy atom. The highest BCUT2D eigenvalue weighted by molar-refractivity contribution is 5.81. The van der Waals surface area contributed by atoms with Crippen molar-refractivity contribution >= 4 is 11.0 Å². The molecule has 3 heteroatoms. The lowest BCUT2D eigenvalue weighted by atomic mass is 10.2. The van der Waals surface area contributed by atoms with Crippen molar-refractivity contribution < 1.29 is 13.9 Å². The van der Waals surface area contributed by atoms with Gasteiger partial charge in [0.1, 0.15) is 5.58 Å². The van der Waals surface area contributed by atoms with Crippen molar-refractivity contribution in [3.05, 3.63) is 24.5 Å². The predicted octanol–water partition coefficient (Wildman–Crippen LogP) is 4.85. The Kier molecular flexibility index (Phi) is 4.03. The van der Waals surface area contributed by atoms with E-state index in [0.717, 1.165) is 28.4 Å². The van der Waals surface area contributed by atoms with E-state index in [1.807, 2.05) is 18.2 Å². The first-order valence-electron chi connectivity index (χ1n) is 6.82. The Morgan fingerprint density at radius 1 is 0.947 bits per heavy atom. The molecular formula is C16H22O3. The molecule has 1 aromatic heterocycles. The summed E-state index contributed by atoms with van der Waals surface area (Å²) >= 11 is 0. The SMILES string of the molecule is CC(C)C.CC(C)C1Oc2cc3ccoc3cc2O1. The Bertz CT molecular complexity index is 497. The first kappa shape index (κ1) is 13.8. The van der Waals surface area contributed by atoms with E-state index in [4.69, 9.17) is 13.9 Å². The van der Waals surface area contributed by atoms with Gasteiger partial charge in [-0.15, -0.1) is 0 Å². The molecule has 19 heavy (non-hydrogen) atoms. The lowest BCUT2D eigenvalue weighted by Gasteiger charge is -2.12. The number of hydrogen-bond donors (Lipinski definition) is 0. The van der Waals surface area contributed by atoms with Crippen molar-refractivity contribution in [2.45, 2.75) is 40.9 Å². The zero-order chi connectivity index (χ0) is 14.0. The first-order chi connectivity index (χ1) is 8.97. The molecule has 0 spiro atoms. The molecule has 3 rings (SSSR count). The molecule has 1 aliphatic rings. The third-order valence-electron chi connectivity index (χ3n) is 2.55. The molecule has 0 radical (unpaired) electrons. The van der Waals surface area contributed by atoms with Crippen LogP contribution in [0.2, 0.25) is 0 Å². The lowest BCUT2D eigenvalue weighted by Crippen LogP contribution is -2.24. The minimum Gasteiger partial charge on any atom is -0.464 e. The number of benzene rings is 1. The second-order valence-corrected chi connectivity index (χ2v) is 5.84. The summed E-state index contributed by atoms with van der Waals surface area (Å²) in [6, 6.07) is 5.76. The van der Waals surface area contributed by atoms with Crippen molar-refractivity contribution in [3.63, 3.8) is 0 Å². The zero-order valence-corrected chi connectivity index (χ0v) is 12.3. The van der Waals surface area contributed by atoms with E-state index in [9.17, 15) is 0 Å². The molecule has 0 bridgehead atoms. The van der Waals surface area contributed by atoms with Crippen molar-refractivity contribution in [3.8, 4) is 11.5 Å². The van der Waals surface area contributed by atoms with Gasteiger partial charge in [-0.1, -0.05) is 34.6 Å². The van der Waals surface area contributed by atoms with Crippen molar-refractivity contribution in [1.82, 2.24) is 0 Å². The van der Waals surface area contributed by atoms with Crippen LogP contribution in [0.3, 0.4) is 0 Å². The van der Waals surface area contributed by atoms with Crippen LogP contribution in [-0.4, -0.2) is 6.29 Å². The smallest absolute Gasteiger partial charge is 0.243 e. The fourth-order valence-electron chi connectivity index (χ4n) is 1.70. The van der Waals surface area contributed by atoms with Gasteiger partial charge in [0, 0.05) is 17.4 Å². The van der Waals surface area contributed by atoms with E-state index in [0.29, 0.717) is 5.92 Å². The molecule has 1 aliphatic heterocycles. The standard InChI is InChI=1S/C12H12O3.C4H10/c1-7(2)12-14-10-5-8-3-4-13-9(8)6-11(10)15-12;1-4(2)3/h3-7,12H,1-2H3;4H,1-3H3. The second-order valence-electron chi connectivity index (χ2n) is 5.84. The average molecular weight is 262 g/mol. The largest absolute Gasteiger partial charge is 0.464 e. The molecule has 1 aromatic carbocycles. The summed E-state index contributed by atoms with van der Waals surface area (Å²) in [6.45, 7) is 10.6. The van der Waals surface area contributed by atoms with E-state index in [2.05, 4.69) is 34.6 Å². The van der Waals surface area contributed by atoms with Gasteiger partial charge in [-0.3, -0.25) is 0 Å². The van der Waals surface area contributed by atoms with E-state index >= 15 is 0 Å². The molecular weight excluding hydrogens is 240 g/mol. The fraction of sp³-hybridized carbons (Fsp3) is 0.500. The predicted molar refractivity (Wildman–Crippen MR) is 76.6 cm³/mol. The molecule has 0 aliphatic carbocycles. The molecule has 0 amide bonds. The third kappa shape index (κ3) is 3.22. The molecule has 0 saturated carbocycles. The van der Waals surface area contributed by atoms with Crippen LogP contribution in [0, 0.1) is 11.8 Å². The molecule has 2 aromatic rings. The highest BCUT2D eigenvalue weighted by Crippen LogP contribution is 2.39. The molecule has 1 unspecified atom stereocenters. The maximum atomic E-state index is 5.68. The quantitative estimate of drug-likeness (QED) is 0.736. The molecule has 2 heterocycles. The first-order valence-corrected chi connectivity index (χ1v) is 6.82. The van der Waals surface area contributed by atoms with Gasteiger partial charge in [0.15, 0.2) is 11.5 Å². The number of furan rings is 1. The van der Waals surface area contributed by atoms with Crippen LogP contribution in [0.25, 0.3) is 11.0 Å². The number of hydrogen-bond acceptors (Lipinski definition) is 3. The maximum absolute atomic E-state index is 5.68. The lowest BCUT2D eigenvalue weighted by molar-refractivity contribution is 0.00914. The van der Waals surface area contributed by atoms with Crippen LogP contribution in [0.15, 0.2) is 28.9 Å². The van der Waals surface area contributed by atoms with Crippen molar-refractivity contribution in [2.75, 3.05) is 0 Å². The summed E-state index contributed by atoms with van der Waals surface area (Å²) in [5.74, 6) is 2.75. The number of fused-ring (bicyclic) bond motifs is 2. The van der Waals surface area contributed by atoms with Gasteiger partial charge in [-0.05, 0) is 18.1 Å². The molecule has 0 saturated heterocycles. The minimum absolute atomic E-state index is 0.175. The van der Waals surface area contributed by atoms with Gasteiger partial charge in [-0.2, -0.15) is 0 Å². The van der Waals surface area contributed by atoms with Crippen molar-refractivity contribution in [1.29, 1.82) is 0 Å². The van der Waals surface area contributed by atoms with Crippen LogP contribution in [0.5, 0.6) is 11.5 Å². The summed E-state index contributed by atoms with van der Waals surface area (Å²) in [4.78, 5) is 0. The third-order valence-corrected chi connectivity index (χ3v) is 2.55. The Hall–Kier alpha value is -1.64. The average Bonchev–Trinajstić information content (AvgIpc) is 2.88. The maximum Gasteiger partial charge on any atom is 0.243 e. The van der Waals surface area contributed by atoms with Gasteiger partial charge < -0.3 is 13.9 Å². The van der Waals surface area contributed by atoms with E-state index in [1.165, 1.54) is 0 Å². The summed E-state index contributed by atoms with van der Waals surface area (Å²) in [6.07, 6.45) is 1.49. The number of rotatable bonds is 1. The van der Waals surface area contributed by atoms with Gasteiger partial charge in [0.05, 0.1) is 6.26 Å². The second kappa shape index (κ2) is 5.55. The van der Waals surface area contributed by atoms with Gasteiger partial charge in [-0.25, -0.2) is 0 Å². The van der Waals surface area contributed by atoms with E-state index in [-0.39, 0.29) is 6.29 Å². The van der Waals surface area contributed by atoms with Crippen LogP contribution in [0.4, 0.5) is 0 Å². The van der Waals surface area contributed by atoms with Crippen LogP contribution < -0.4 is 9.47 Å². The summed E-state index contributed by atoms with van der Waals surface area (Å²) in [5.41, 5.74) is 0.835. The van der Waals surface area contributed by atoms with E-state index < -0.39 is 0 Å². The molecule has 104 valence electrons. The molecule has 3 nitrogen and oxygen atoms in total. The van der Waals surface area contributed by atoms with Crippen molar-refractivity contribution in [2.24, 2.45) is 11.8 Å². The normalized spacial score (nSPS) is 16.9. The number of ether oxygens (including phenoxy) is 2. The van der Waals surface area contributed by atoms with Crippen LogP contribution in [-0.2, 0) is 0 Å². The Balaban J connectivity index is 0.000000297. The summed E-state index contributed by atoms with van der Waals surface area (Å²) in [7, 11) is 0.